The first-order valence-electron chi connectivity index (χ1n) is 5.99. The number of pyridine rings is 1. The minimum absolute atomic E-state index is 0.218. The third-order valence-electron chi connectivity index (χ3n) is 2.93. The molecule has 0 aliphatic rings. The lowest BCUT2D eigenvalue weighted by molar-refractivity contribution is -0.137. The summed E-state index contributed by atoms with van der Waals surface area (Å²) in [5, 5.41) is 27.5. The minimum atomic E-state index is -4.65. The van der Waals surface area contributed by atoms with Gasteiger partial charge in [0.25, 0.3) is 0 Å². The number of carboxylic acids is 2. The number of hydrogen-bond acceptors (Lipinski definition) is 4. The highest BCUT2D eigenvalue weighted by atomic mass is 19.4. The van der Waals surface area contributed by atoms with E-state index in [1.54, 1.807) is 0 Å². The van der Waals surface area contributed by atoms with Crippen LogP contribution in [0.3, 0.4) is 0 Å². The van der Waals surface area contributed by atoms with E-state index < -0.39 is 46.4 Å². The first-order chi connectivity index (χ1) is 10.6. The second-order valence-corrected chi connectivity index (χ2v) is 4.44. The van der Waals surface area contributed by atoms with E-state index in [4.69, 9.17) is 10.2 Å². The van der Waals surface area contributed by atoms with Crippen LogP contribution in [0.25, 0.3) is 11.3 Å². The van der Waals surface area contributed by atoms with Crippen molar-refractivity contribution in [3.05, 3.63) is 47.0 Å². The lowest BCUT2D eigenvalue weighted by Gasteiger charge is -2.11. The minimum Gasteiger partial charge on any atom is -0.493 e. The molecule has 1 aromatic heterocycles. The van der Waals surface area contributed by atoms with Crippen LogP contribution in [-0.2, 0) is 6.18 Å². The van der Waals surface area contributed by atoms with Gasteiger partial charge in [-0.25, -0.2) is 14.6 Å². The quantitative estimate of drug-likeness (QED) is 0.800. The first-order valence-corrected chi connectivity index (χ1v) is 5.99. The SMILES string of the molecule is O=C(O)c1cc(C(=O)O)c(-c2cccc(C(F)(F)F)c2)nc1O. The number of aromatic carboxylic acids is 2. The Bertz CT molecular complexity index is 801. The summed E-state index contributed by atoms with van der Waals surface area (Å²) in [6.45, 7) is 0. The number of halogens is 3. The molecule has 0 saturated heterocycles. The number of benzene rings is 1. The van der Waals surface area contributed by atoms with Crippen LogP contribution in [0.2, 0.25) is 0 Å². The zero-order valence-corrected chi connectivity index (χ0v) is 11.1. The van der Waals surface area contributed by atoms with Gasteiger partial charge in [-0.2, -0.15) is 13.2 Å². The molecule has 0 unspecified atom stereocenters. The fourth-order valence-electron chi connectivity index (χ4n) is 1.89. The van der Waals surface area contributed by atoms with E-state index in [1.807, 2.05) is 0 Å². The molecular weight excluding hydrogens is 319 g/mol. The zero-order valence-electron chi connectivity index (χ0n) is 11.1. The van der Waals surface area contributed by atoms with E-state index in [1.165, 1.54) is 6.07 Å². The maximum absolute atomic E-state index is 12.7. The summed E-state index contributed by atoms with van der Waals surface area (Å²) in [7, 11) is 0. The molecule has 0 aliphatic carbocycles. The van der Waals surface area contributed by atoms with Crippen LogP contribution < -0.4 is 0 Å². The molecule has 0 aliphatic heterocycles. The maximum atomic E-state index is 12.7. The molecule has 23 heavy (non-hydrogen) atoms. The molecule has 3 N–H and O–H groups in total. The Balaban J connectivity index is 2.71. The van der Waals surface area contributed by atoms with Crippen LogP contribution in [0.5, 0.6) is 5.88 Å². The van der Waals surface area contributed by atoms with Gasteiger partial charge >= 0.3 is 18.1 Å². The summed E-state index contributed by atoms with van der Waals surface area (Å²) in [5.41, 5.74) is -3.12. The summed E-state index contributed by atoms with van der Waals surface area (Å²) in [4.78, 5) is 25.6. The van der Waals surface area contributed by atoms with Crippen LogP contribution in [0.15, 0.2) is 30.3 Å². The molecule has 0 bridgehead atoms. The van der Waals surface area contributed by atoms with Gasteiger partial charge in [-0.05, 0) is 18.2 Å². The molecule has 120 valence electrons. The molecule has 0 fully saturated rings. The molecule has 6 nitrogen and oxygen atoms in total. The molecule has 0 atom stereocenters. The summed E-state index contributed by atoms with van der Waals surface area (Å²) >= 11 is 0. The van der Waals surface area contributed by atoms with Gasteiger partial charge in [0, 0.05) is 5.56 Å². The number of rotatable bonds is 3. The van der Waals surface area contributed by atoms with Crippen molar-refractivity contribution in [3.8, 4) is 17.1 Å². The van der Waals surface area contributed by atoms with Crippen LogP contribution in [0.1, 0.15) is 26.3 Å². The van der Waals surface area contributed by atoms with Gasteiger partial charge in [-0.1, -0.05) is 12.1 Å². The van der Waals surface area contributed by atoms with Gasteiger partial charge < -0.3 is 15.3 Å². The van der Waals surface area contributed by atoms with E-state index in [0.717, 1.165) is 12.1 Å². The highest BCUT2D eigenvalue weighted by Gasteiger charge is 2.31. The Morgan fingerprint density at radius 3 is 2.13 bits per heavy atom. The van der Waals surface area contributed by atoms with Crippen molar-refractivity contribution in [3.63, 3.8) is 0 Å². The van der Waals surface area contributed by atoms with Gasteiger partial charge in [0.1, 0.15) is 5.56 Å². The van der Waals surface area contributed by atoms with Crippen LogP contribution in [0, 0.1) is 0 Å². The highest BCUT2D eigenvalue weighted by molar-refractivity contribution is 5.99. The average Bonchev–Trinajstić information content (AvgIpc) is 2.45. The van der Waals surface area contributed by atoms with Crippen molar-refractivity contribution in [2.75, 3.05) is 0 Å². The highest BCUT2D eigenvalue weighted by Crippen LogP contribution is 2.33. The number of aromatic nitrogens is 1. The fourth-order valence-corrected chi connectivity index (χ4v) is 1.89. The van der Waals surface area contributed by atoms with Crippen LogP contribution in [-0.4, -0.2) is 32.2 Å². The van der Waals surface area contributed by atoms with Crippen molar-refractivity contribution in [2.24, 2.45) is 0 Å². The van der Waals surface area contributed by atoms with Crippen molar-refractivity contribution >= 4 is 11.9 Å². The Morgan fingerprint density at radius 2 is 1.61 bits per heavy atom. The molecule has 0 spiro atoms. The standard InChI is InChI=1S/C14H8F3NO5/c15-14(16,17)7-3-1-2-6(4-7)10-8(12(20)21)5-9(13(22)23)11(19)18-10/h1-5H,(H,18,19)(H,20,21)(H,22,23). The maximum Gasteiger partial charge on any atom is 0.416 e. The lowest BCUT2D eigenvalue weighted by atomic mass is 10.0. The molecule has 1 aromatic carbocycles. The zero-order chi connectivity index (χ0) is 17.4. The smallest absolute Gasteiger partial charge is 0.416 e. The van der Waals surface area contributed by atoms with E-state index in [0.29, 0.717) is 12.1 Å². The third-order valence-corrected chi connectivity index (χ3v) is 2.93. The van der Waals surface area contributed by atoms with E-state index in [2.05, 4.69) is 4.98 Å². The fraction of sp³-hybridized carbons (Fsp3) is 0.0714. The first kappa shape index (κ1) is 16.3. The van der Waals surface area contributed by atoms with E-state index >= 15 is 0 Å². The number of alkyl halides is 3. The summed E-state index contributed by atoms with van der Waals surface area (Å²) in [5.74, 6) is -4.20. The number of nitrogens with zero attached hydrogens (tertiary/aromatic N) is 1. The van der Waals surface area contributed by atoms with Gasteiger partial charge in [0.05, 0.1) is 16.8 Å². The van der Waals surface area contributed by atoms with Gasteiger partial charge in [0.2, 0.25) is 5.88 Å². The van der Waals surface area contributed by atoms with E-state index in [-0.39, 0.29) is 5.56 Å². The van der Waals surface area contributed by atoms with Crippen molar-refractivity contribution in [1.82, 2.24) is 4.98 Å². The van der Waals surface area contributed by atoms with Crippen molar-refractivity contribution in [2.45, 2.75) is 6.18 Å². The number of carbonyl (C=O) groups is 2. The largest absolute Gasteiger partial charge is 0.493 e. The molecule has 2 aromatic rings. The number of aromatic hydroxyl groups is 1. The monoisotopic (exact) mass is 327 g/mol. The molecule has 2 rings (SSSR count). The predicted octanol–water partition coefficient (Wildman–Crippen LogP) is 2.87. The Kier molecular flexibility index (Phi) is 3.96. The van der Waals surface area contributed by atoms with Crippen molar-refractivity contribution < 1.29 is 38.1 Å². The normalized spacial score (nSPS) is 11.3. The summed E-state index contributed by atoms with van der Waals surface area (Å²) in [6, 6.07) is 4.31. The average molecular weight is 327 g/mol. The summed E-state index contributed by atoms with van der Waals surface area (Å²) < 4.78 is 38.2. The Hall–Kier alpha value is -3.10. The molecule has 0 saturated carbocycles. The number of carboxylic acid groups (broad SMARTS) is 2. The second-order valence-electron chi connectivity index (χ2n) is 4.44. The van der Waals surface area contributed by atoms with Gasteiger partial charge in [0.15, 0.2) is 0 Å². The topological polar surface area (TPSA) is 108 Å². The van der Waals surface area contributed by atoms with E-state index in [9.17, 15) is 27.9 Å². The molecule has 1 heterocycles. The molecular formula is C14H8F3NO5. The van der Waals surface area contributed by atoms with Crippen molar-refractivity contribution in [1.29, 1.82) is 0 Å². The second kappa shape index (κ2) is 5.59. The van der Waals surface area contributed by atoms with Crippen LogP contribution in [0.4, 0.5) is 13.2 Å². The van der Waals surface area contributed by atoms with Gasteiger partial charge in [-0.3, -0.25) is 0 Å². The predicted molar refractivity (Wildman–Crippen MR) is 70.3 cm³/mol. The molecule has 0 radical (unpaired) electrons. The molecule has 0 amide bonds. The third kappa shape index (κ3) is 3.23. The van der Waals surface area contributed by atoms with Gasteiger partial charge in [-0.15, -0.1) is 0 Å². The van der Waals surface area contributed by atoms with Crippen LogP contribution >= 0.6 is 0 Å². The number of hydrogen-bond donors (Lipinski definition) is 3. The Morgan fingerprint density at radius 1 is 1.00 bits per heavy atom. The lowest BCUT2D eigenvalue weighted by Crippen LogP contribution is -2.08. The Labute approximate surface area is 126 Å². The summed E-state index contributed by atoms with van der Waals surface area (Å²) in [6.07, 6.45) is -4.65. The molecule has 9 heteroatoms.